The molecule has 168 valence electrons. The molecule has 1 amide bonds. The van der Waals surface area contributed by atoms with Crippen LogP contribution in [-0.4, -0.2) is 27.2 Å². The van der Waals surface area contributed by atoms with Gasteiger partial charge in [0.25, 0.3) is 5.91 Å². The van der Waals surface area contributed by atoms with Crippen LogP contribution in [0.3, 0.4) is 0 Å². The SMILES string of the molecule is COc1cc(C2=C(c3ccc(OCc4ccccc4)c(Br)c3)C(=O)N=N2)cc(OC)c1OC. The van der Waals surface area contributed by atoms with Gasteiger partial charge in [-0.3, -0.25) is 4.79 Å². The van der Waals surface area contributed by atoms with Crippen LogP contribution in [0.4, 0.5) is 0 Å². The normalized spacial score (nSPS) is 12.8. The second-order valence-corrected chi connectivity index (χ2v) is 7.92. The molecule has 0 aromatic heterocycles. The van der Waals surface area contributed by atoms with Gasteiger partial charge in [-0.05, 0) is 51.3 Å². The largest absolute Gasteiger partial charge is 0.493 e. The van der Waals surface area contributed by atoms with E-state index in [1.165, 1.54) is 21.3 Å². The molecule has 0 spiro atoms. The van der Waals surface area contributed by atoms with Gasteiger partial charge in [-0.25, -0.2) is 0 Å². The van der Waals surface area contributed by atoms with Crippen LogP contribution < -0.4 is 18.9 Å². The van der Waals surface area contributed by atoms with Gasteiger partial charge in [-0.2, -0.15) is 0 Å². The van der Waals surface area contributed by atoms with Crippen molar-refractivity contribution in [1.29, 1.82) is 0 Å². The number of rotatable bonds is 8. The minimum Gasteiger partial charge on any atom is -0.493 e. The van der Waals surface area contributed by atoms with Crippen molar-refractivity contribution in [2.45, 2.75) is 6.61 Å². The van der Waals surface area contributed by atoms with E-state index in [9.17, 15) is 4.79 Å². The Kier molecular flexibility index (Phi) is 6.74. The van der Waals surface area contributed by atoms with E-state index in [2.05, 4.69) is 26.2 Å². The second kappa shape index (κ2) is 9.87. The van der Waals surface area contributed by atoms with Crippen molar-refractivity contribution in [1.82, 2.24) is 0 Å². The van der Waals surface area contributed by atoms with Crippen molar-refractivity contribution < 1.29 is 23.7 Å². The number of amides is 1. The molecule has 3 aromatic carbocycles. The fraction of sp³-hybridized carbons (Fsp3) is 0.160. The summed E-state index contributed by atoms with van der Waals surface area (Å²) in [6, 6.07) is 18.8. The molecular formula is C25H21BrN2O5. The van der Waals surface area contributed by atoms with Crippen molar-refractivity contribution in [3.63, 3.8) is 0 Å². The van der Waals surface area contributed by atoms with E-state index in [1.54, 1.807) is 12.1 Å². The minimum atomic E-state index is -0.427. The summed E-state index contributed by atoms with van der Waals surface area (Å²) in [5, 5.41) is 7.92. The van der Waals surface area contributed by atoms with E-state index >= 15 is 0 Å². The number of hydrogen-bond acceptors (Lipinski definition) is 6. The molecule has 1 aliphatic heterocycles. The lowest BCUT2D eigenvalue weighted by Gasteiger charge is -2.14. The van der Waals surface area contributed by atoms with Gasteiger partial charge >= 0.3 is 0 Å². The predicted octanol–water partition coefficient (Wildman–Crippen LogP) is 5.91. The maximum Gasteiger partial charge on any atom is 0.298 e. The van der Waals surface area contributed by atoms with Gasteiger partial charge in [0, 0.05) is 5.56 Å². The van der Waals surface area contributed by atoms with Gasteiger partial charge in [0.1, 0.15) is 18.1 Å². The van der Waals surface area contributed by atoms with Crippen molar-refractivity contribution in [2.24, 2.45) is 10.2 Å². The molecule has 3 aromatic rings. The number of carbonyl (C=O) groups is 1. The Bertz CT molecular complexity index is 1230. The van der Waals surface area contributed by atoms with Crippen LogP contribution in [-0.2, 0) is 11.4 Å². The first-order valence-electron chi connectivity index (χ1n) is 10.0. The quantitative estimate of drug-likeness (QED) is 0.377. The lowest BCUT2D eigenvalue weighted by atomic mass is 9.99. The van der Waals surface area contributed by atoms with E-state index in [-0.39, 0.29) is 0 Å². The molecule has 0 N–H and O–H groups in total. The zero-order chi connectivity index (χ0) is 23.4. The molecule has 1 aliphatic rings. The Labute approximate surface area is 199 Å². The molecule has 1 heterocycles. The average Bonchev–Trinajstić information content (AvgIpc) is 3.24. The molecule has 0 fully saturated rings. The minimum absolute atomic E-state index is 0.375. The van der Waals surface area contributed by atoms with E-state index in [1.807, 2.05) is 48.5 Å². The van der Waals surface area contributed by atoms with Gasteiger partial charge in [-0.1, -0.05) is 36.4 Å². The summed E-state index contributed by atoms with van der Waals surface area (Å²) in [6.45, 7) is 0.432. The zero-order valence-electron chi connectivity index (χ0n) is 18.3. The first kappa shape index (κ1) is 22.5. The molecule has 0 saturated carbocycles. The fourth-order valence-electron chi connectivity index (χ4n) is 3.49. The number of halogens is 1. The number of carbonyl (C=O) groups excluding carboxylic acids is 1. The summed E-state index contributed by atoms with van der Waals surface area (Å²) in [5.41, 5.74) is 3.13. The van der Waals surface area contributed by atoms with Gasteiger partial charge in [-0.15, -0.1) is 10.2 Å². The van der Waals surface area contributed by atoms with Gasteiger partial charge < -0.3 is 18.9 Å². The number of azo groups is 1. The second-order valence-electron chi connectivity index (χ2n) is 7.06. The molecule has 7 nitrogen and oxygen atoms in total. The number of benzene rings is 3. The van der Waals surface area contributed by atoms with E-state index in [4.69, 9.17) is 18.9 Å². The topological polar surface area (TPSA) is 78.7 Å². The van der Waals surface area contributed by atoms with Crippen LogP contribution in [0.15, 0.2) is 75.4 Å². The monoisotopic (exact) mass is 508 g/mol. The zero-order valence-corrected chi connectivity index (χ0v) is 19.9. The van der Waals surface area contributed by atoms with E-state index in [0.717, 1.165) is 5.56 Å². The van der Waals surface area contributed by atoms with Crippen LogP contribution in [0.1, 0.15) is 16.7 Å². The number of ether oxygens (including phenoxy) is 4. The maximum absolute atomic E-state index is 12.6. The molecule has 0 aliphatic carbocycles. The molecule has 0 saturated heterocycles. The summed E-state index contributed by atoms with van der Waals surface area (Å²) in [6.07, 6.45) is 0. The number of methoxy groups -OCH3 is 3. The average molecular weight is 509 g/mol. The van der Waals surface area contributed by atoms with Crippen LogP contribution >= 0.6 is 15.9 Å². The van der Waals surface area contributed by atoms with Crippen molar-refractivity contribution in [2.75, 3.05) is 21.3 Å². The highest BCUT2D eigenvalue weighted by Crippen LogP contribution is 2.43. The van der Waals surface area contributed by atoms with E-state index in [0.29, 0.717) is 56.5 Å². The van der Waals surface area contributed by atoms with Crippen molar-refractivity contribution >= 4 is 33.1 Å². The summed E-state index contributed by atoms with van der Waals surface area (Å²) >= 11 is 3.55. The van der Waals surface area contributed by atoms with Crippen molar-refractivity contribution in [3.05, 3.63) is 81.8 Å². The van der Waals surface area contributed by atoms with Crippen LogP contribution in [0.5, 0.6) is 23.0 Å². The lowest BCUT2D eigenvalue weighted by Crippen LogP contribution is -2.00. The van der Waals surface area contributed by atoms with Gasteiger partial charge in [0.15, 0.2) is 11.5 Å². The van der Waals surface area contributed by atoms with Crippen molar-refractivity contribution in [3.8, 4) is 23.0 Å². The highest BCUT2D eigenvalue weighted by molar-refractivity contribution is 9.10. The Hall–Kier alpha value is -3.65. The first-order chi connectivity index (χ1) is 16.0. The maximum atomic E-state index is 12.6. The Morgan fingerprint density at radius 1 is 0.788 bits per heavy atom. The Morgan fingerprint density at radius 3 is 2.09 bits per heavy atom. The summed E-state index contributed by atoms with van der Waals surface area (Å²) in [4.78, 5) is 12.6. The fourth-order valence-corrected chi connectivity index (χ4v) is 3.98. The molecule has 4 rings (SSSR count). The number of hydrogen-bond donors (Lipinski definition) is 0. The third-order valence-corrected chi connectivity index (χ3v) is 5.71. The molecule has 8 heteroatoms. The third kappa shape index (κ3) is 4.61. The third-order valence-electron chi connectivity index (χ3n) is 5.09. The first-order valence-corrected chi connectivity index (χ1v) is 10.8. The van der Waals surface area contributed by atoms with E-state index < -0.39 is 5.91 Å². The Balaban J connectivity index is 1.70. The number of nitrogens with zero attached hydrogens (tertiary/aromatic N) is 2. The van der Waals surface area contributed by atoms with Crippen LogP contribution in [0.25, 0.3) is 11.3 Å². The van der Waals surface area contributed by atoms with Gasteiger partial charge in [0.2, 0.25) is 5.75 Å². The molecule has 0 bridgehead atoms. The molecule has 33 heavy (non-hydrogen) atoms. The highest BCUT2D eigenvalue weighted by atomic mass is 79.9. The Morgan fingerprint density at radius 2 is 1.48 bits per heavy atom. The molecule has 0 unspecified atom stereocenters. The summed E-state index contributed by atoms with van der Waals surface area (Å²) in [5.74, 6) is 1.61. The van der Waals surface area contributed by atoms with Crippen LogP contribution in [0.2, 0.25) is 0 Å². The molecular weight excluding hydrogens is 488 g/mol. The van der Waals surface area contributed by atoms with Crippen LogP contribution in [0, 0.1) is 0 Å². The summed E-state index contributed by atoms with van der Waals surface area (Å²) < 4.78 is 22.9. The lowest BCUT2D eigenvalue weighted by molar-refractivity contribution is -0.112. The predicted molar refractivity (Wildman–Crippen MR) is 128 cm³/mol. The summed E-state index contributed by atoms with van der Waals surface area (Å²) in [7, 11) is 4.59. The van der Waals surface area contributed by atoms with Gasteiger partial charge in [0.05, 0.1) is 31.4 Å². The molecule has 0 atom stereocenters. The highest BCUT2D eigenvalue weighted by Gasteiger charge is 2.27. The smallest absolute Gasteiger partial charge is 0.298 e. The molecule has 0 radical (unpaired) electrons. The standard InChI is InChI=1S/C25H21BrN2O5/c1-30-20-12-17(13-21(31-2)24(20)32-3)23-22(25(29)28-27-23)16-9-10-19(18(26)11-16)33-14-15-7-5-4-6-8-15/h4-13H,14H2,1-3H3.